The van der Waals surface area contributed by atoms with Crippen molar-refractivity contribution in [2.45, 2.75) is 6.92 Å². The van der Waals surface area contributed by atoms with E-state index in [4.69, 9.17) is 16.0 Å². The van der Waals surface area contributed by atoms with E-state index in [-0.39, 0.29) is 11.6 Å². The van der Waals surface area contributed by atoms with Crippen LogP contribution < -0.4 is 5.32 Å². The normalized spacial score (nSPS) is 10.6. The SMILES string of the molecule is Cc1nc(C(=O)Nc2ccnn2-c2cccc(Cl)c2)co1. The highest BCUT2D eigenvalue weighted by molar-refractivity contribution is 6.30. The van der Waals surface area contributed by atoms with Crippen molar-refractivity contribution in [2.75, 3.05) is 5.32 Å². The van der Waals surface area contributed by atoms with Gasteiger partial charge in [-0.1, -0.05) is 17.7 Å². The molecule has 0 unspecified atom stereocenters. The second kappa shape index (κ2) is 5.41. The maximum Gasteiger partial charge on any atom is 0.278 e. The Kier molecular flexibility index (Phi) is 3.45. The van der Waals surface area contributed by atoms with Crippen LogP contribution in [0.5, 0.6) is 0 Å². The van der Waals surface area contributed by atoms with Crippen LogP contribution in [0.4, 0.5) is 5.82 Å². The Morgan fingerprint density at radius 2 is 2.24 bits per heavy atom. The molecule has 106 valence electrons. The van der Waals surface area contributed by atoms with Gasteiger partial charge in [-0.3, -0.25) is 4.79 Å². The summed E-state index contributed by atoms with van der Waals surface area (Å²) in [6.07, 6.45) is 2.90. The third-order valence-corrected chi connectivity index (χ3v) is 3.02. The monoisotopic (exact) mass is 302 g/mol. The minimum Gasteiger partial charge on any atom is -0.448 e. The zero-order valence-electron chi connectivity index (χ0n) is 11.1. The maximum atomic E-state index is 12.1. The molecule has 3 rings (SSSR count). The van der Waals surface area contributed by atoms with E-state index in [0.717, 1.165) is 5.69 Å². The molecule has 0 saturated carbocycles. The molecule has 0 aliphatic heterocycles. The highest BCUT2D eigenvalue weighted by atomic mass is 35.5. The summed E-state index contributed by atoms with van der Waals surface area (Å²) in [5, 5.41) is 7.50. The largest absolute Gasteiger partial charge is 0.448 e. The second-order valence-electron chi connectivity index (χ2n) is 4.31. The van der Waals surface area contributed by atoms with Gasteiger partial charge in [0.1, 0.15) is 12.1 Å². The van der Waals surface area contributed by atoms with Gasteiger partial charge >= 0.3 is 0 Å². The average Bonchev–Trinajstić information content (AvgIpc) is 3.08. The van der Waals surface area contributed by atoms with Crippen LogP contribution in [0.1, 0.15) is 16.4 Å². The zero-order chi connectivity index (χ0) is 14.8. The molecular formula is C14H11ClN4O2. The fraction of sp³-hybridized carbons (Fsp3) is 0.0714. The molecule has 1 aromatic carbocycles. The van der Waals surface area contributed by atoms with E-state index in [1.807, 2.05) is 12.1 Å². The summed E-state index contributed by atoms with van der Waals surface area (Å²) in [6, 6.07) is 8.86. The fourth-order valence-corrected chi connectivity index (χ4v) is 2.04. The summed E-state index contributed by atoms with van der Waals surface area (Å²) in [5.41, 5.74) is 0.963. The third-order valence-electron chi connectivity index (χ3n) is 2.79. The highest BCUT2D eigenvalue weighted by Crippen LogP contribution is 2.19. The van der Waals surface area contributed by atoms with Gasteiger partial charge in [-0.05, 0) is 18.2 Å². The van der Waals surface area contributed by atoms with Crippen molar-refractivity contribution in [1.29, 1.82) is 0 Å². The lowest BCUT2D eigenvalue weighted by molar-refractivity contribution is 0.102. The first-order chi connectivity index (χ1) is 10.1. The number of aromatic nitrogens is 3. The van der Waals surface area contributed by atoms with Gasteiger partial charge in [0.15, 0.2) is 11.6 Å². The Morgan fingerprint density at radius 3 is 2.95 bits per heavy atom. The number of aryl methyl sites for hydroxylation is 1. The van der Waals surface area contributed by atoms with Gasteiger partial charge in [0.05, 0.1) is 11.9 Å². The molecule has 0 spiro atoms. The fourth-order valence-electron chi connectivity index (χ4n) is 1.86. The van der Waals surface area contributed by atoms with E-state index >= 15 is 0 Å². The Hall–Kier alpha value is -2.60. The van der Waals surface area contributed by atoms with E-state index in [2.05, 4.69) is 15.4 Å². The van der Waals surface area contributed by atoms with Crippen LogP contribution in [-0.2, 0) is 0 Å². The Bertz CT molecular complexity index is 794. The van der Waals surface area contributed by atoms with E-state index in [1.54, 1.807) is 36.0 Å². The van der Waals surface area contributed by atoms with Crippen molar-refractivity contribution in [1.82, 2.24) is 14.8 Å². The minimum absolute atomic E-state index is 0.214. The number of halogens is 1. The Balaban J connectivity index is 1.88. The molecule has 0 radical (unpaired) electrons. The van der Waals surface area contributed by atoms with Gasteiger partial charge in [0.2, 0.25) is 0 Å². The molecule has 0 bridgehead atoms. The second-order valence-corrected chi connectivity index (χ2v) is 4.75. The molecule has 21 heavy (non-hydrogen) atoms. The van der Waals surface area contributed by atoms with Gasteiger partial charge in [-0.25, -0.2) is 9.67 Å². The molecule has 3 aromatic rings. The molecule has 0 saturated heterocycles. The molecule has 0 fully saturated rings. The van der Waals surface area contributed by atoms with Gasteiger partial charge in [0.25, 0.3) is 5.91 Å². The Labute approximate surface area is 125 Å². The number of oxazole rings is 1. The van der Waals surface area contributed by atoms with Crippen LogP contribution in [-0.4, -0.2) is 20.7 Å². The number of hydrogen-bond donors (Lipinski definition) is 1. The highest BCUT2D eigenvalue weighted by Gasteiger charge is 2.14. The van der Waals surface area contributed by atoms with E-state index in [1.165, 1.54) is 6.26 Å². The molecule has 2 aromatic heterocycles. The van der Waals surface area contributed by atoms with E-state index in [9.17, 15) is 4.79 Å². The third kappa shape index (κ3) is 2.80. The minimum atomic E-state index is -0.365. The molecule has 7 heteroatoms. The lowest BCUT2D eigenvalue weighted by Gasteiger charge is -2.08. The van der Waals surface area contributed by atoms with Crippen molar-refractivity contribution < 1.29 is 9.21 Å². The van der Waals surface area contributed by atoms with Gasteiger partial charge in [-0.2, -0.15) is 5.10 Å². The first kappa shape index (κ1) is 13.4. The number of nitrogens with one attached hydrogen (secondary N) is 1. The van der Waals surface area contributed by atoms with E-state index in [0.29, 0.717) is 16.7 Å². The number of amides is 1. The molecule has 1 N–H and O–H groups in total. The average molecular weight is 303 g/mol. The van der Waals surface area contributed by atoms with Crippen molar-refractivity contribution in [3.8, 4) is 5.69 Å². The summed E-state index contributed by atoms with van der Waals surface area (Å²) in [4.78, 5) is 16.1. The van der Waals surface area contributed by atoms with Crippen LogP contribution in [0.3, 0.4) is 0 Å². The number of nitrogens with zero attached hydrogens (tertiary/aromatic N) is 3. The van der Waals surface area contributed by atoms with Crippen molar-refractivity contribution >= 4 is 23.3 Å². The molecular weight excluding hydrogens is 292 g/mol. The Morgan fingerprint density at radius 1 is 1.38 bits per heavy atom. The first-order valence-electron chi connectivity index (χ1n) is 6.17. The topological polar surface area (TPSA) is 73.0 Å². The number of benzene rings is 1. The maximum absolute atomic E-state index is 12.1. The van der Waals surface area contributed by atoms with Crippen LogP contribution in [0.25, 0.3) is 5.69 Å². The zero-order valence-corrected chi connectivity index (χ0v) is 11.8. The summed E-state index contributed by atoms with van der Waals surface area (Å²) in [5.74, 6) is 0.585. The molecule has 1 amide bonds. The number of anilines is 1. The summed E-state index contributed by atoms with van der Waals surface area (Å²) in [7, 11) is 0. The first-order valence-corrected chi connectivity index (χ1v) is 6.55. The summed E-state index contributed by atoms with van der Waals surface area (Å²) < 4.78 is 6.60. The van der Waals surface area contributed by atoms with Crippen molar-refractivity contribution in [3.63, 3.8) is 0 Å². The van der Waals surface area contributed by atoms with Crippen molar-refractivity contribution in [2.24, 2.45) is 0 Å². The molecule has 0 aliphatic carbocycles. The number of carbonyl (C=O) groups excluding carboxylic acids is 1. The smallest absolute Gasteiger partial charge is 0.278 e. The lowest BCUT2D eigenvalue weighted by Crippen LogP contribution is -2.15. The van der Waals surface area contributed by atoms with Gasteiger partial charge in [-0.15, -0.1) is 0 Å². The van der Waals surface area contributed by atoms with Gasteiger partial charge in [0, 0.05) is 18.0 Å². The summed E-state index contributed by atoms with van der Waals surface area (Å²) >= 11 is 5.97. The number of hydrogen-bond acceptors (Lipinski definition) is 4. The van der Waals surface area contributed by atoms with Gasteiger partial charge < -0.3 is 9.73 Å². The van der Waals surface area contributed by atoms with Crippen LogP contribution in [0, 0.1) is 6.92 Å². The quantitative estimate of drug-likeness (QED) is 0.807. The molecule has 2 heterocycles. The summed E-state index contributed by atoms with van der Waals surface area (Å²) in [6.45, 7) is 1.67. The molecule has 6 nitrogen and oxygen atoms in total. The number of carbonyl (C=O) groups is 1. The van der Waals surface area contributed by atoms with Crippen LogP contribution in [0.15, 0.2) is 47.2 Å². The predicted molar refractivity (Wildman–Crippen MR) is 77.8 cm³/mol. The number of rotatable bonds is 3. The van der Waals surface area contributed by atoms with Crippen LogP contribution in [0.2, 0.25) is 5.02 Å². The van der Waals surface area contributed by atoms with Crippen LogP contribution >= 0.6 is 11.6 Å². The van der Waals surface area contributed by atoms with E-state index < -0.39 is 0 Å². The predicted octanol–water partition coefficient (Wildman–Crippen LogP) is 3.07. The van der Waals surface area contributed by atoms with Crippen molar-refractivity contribution in [3.05, 3.63) is 59.4 Å². The molecule has 0 atom stereocenters. The molecule has 0 aliphatic rings. The standard InChI is InChI=1S/C14H11ClN4O2/c1-9-17-12(8-21-9)14(20)18-13-5-6-16-19(13)11-4-2-3-10(15)7-11/h2-8H,1H3,(H,18,20). The lowest BCUT2D eigenvalue weighted by atomic mass is 10.3.